The maximum absolute atomic E-state index is 14.0. The molecule has 0 fully saturated rings. The van der Waals surface area contributed by atoms with E-state index in [9.17, 15) is 18.0 Å². The zero-order chi connectivity index (χ0) is 30.2. The van der Waals surface area contributed by atoms with E-state index < -0.39 is 28.5 Å². The maximum Gasteiger partial charge on any atom is 0.264 e. The van der Waals surface area contributed by atoms with Gasteiger partial charge in [0.1, 0.15) is 18.3 Å². The first-order valence-electron chi connectivity index (χ1n) is 12.7. The summed E-state index contributed by atoms with van der Waals surface area (Å²) in [6, 6.07) is 16.5. The second kappa shape index (κ2) is 14.1. The van der Waals surface area contributed by atoms with E-state index in [2.05, 4.69) is 5.32 Å². The molecule has 12 heteroatoms. The number of nitrogens with zero attached hydrogens (tertiary/aromatic N) is 2. The average molecular weight is 604 g/mol. The van der Waals surface area contributed by atoms with Crippen LogP contribution >= 0.6 is 11.6 Å². The minimum atomic E-state index is -4.31. The first-order chi connectivity index (χ1) is 19.6. The van der Waals surface area contributed by atoms with Crippen LogP contribution in [-0.2, 0) is 26.2 Å². The lowest BCUT2D eigenvalue weighted by Crippen LogP contribution is -2.51. The van der Waals surface area contributed by atoms with E-state index in [4.69, 9.17) is 25.8 Å². The van der Waals surface area contributed by atoms with Gasteiger partial charge in [0.15, 0.2) is 11.5 Å². The largest absolute Gasteiger partial charge is 0.497 e. The summed E-state index contributed by atoms with van der Waals surface area (Å²) in [5.41, 5.74) is 0.924. The van der Waals surface area contributed by atoms with Crippen LogP contribution in [0.25, 0.3) is 0 Å². The van der Waals surface area contributed by atoms with Gasteiger partial charge in [0.2, 0.25) is 11.8 Å². The Morgan fingerprint density at radius 2 is 1.61 bits per heavy atom. The number of hydrogen-bond acceptors (Lipinski definition) is 7. The summed E-state index contributed by atoms with van der Waals surface area (Å²) in [4.78, 5) is 28.1. The molecule has 220 valence electrons. The number of carbonyl (C=O) groups is 2. The molecular weight excluding hydrogens is 570 g/mol. The molecule has 0 saturated heterocycles. The molecule has 2 amide bonds. The molecule has 0 spiro atoms. The summed E-state index contributed by atoms with van der Waals surface area (Å²) in [5, 5.41) is 3.00. The Morgan fingerprint density at radius 1 is 0.927 bits per heavy atom. The van der Waals surface area contributed by atoms with E-state index in [0.717, 1.165) is 4.31 Å². The predicted octanol–water partition coefficient (Wildman–Crippen LogP) is 4.11. The molecule has 0 bridgehead atoms. The fourth-order valence-corrected chi connectivity index (χ4v) is 5.85. The third kappa shape index (κ3) is 7.42. The van der Waals surface area contributed by atoms with Crippen LogP contribution in [-0.4, -0.2) is 66.1 Å². The summed E-state index contributed by atoms with van der Waals surface area (Å²) in [6.45, 7) is 1.24. The number of likely N-dealkylation sites (N-methyl/N-ethyl adjacent to an activating group) is 1. The first-order valence-corrected chi connectivity index (χ1v) is 14.6. The number of benzene rings is 3. The number of nitrogens with one attached hydrogen (secondary N) is 1. The first kappa shape index (κ1) is 31.6. The summed E-state index contributed by atoms with van der Waals surface area (Å²) in [5.74, 6) is 0.191. The van der Waals surface area contributed by atoms with Gasteiger partial charge in [-0.1, -0.05) is 30.7 Å². The van der Waals surface area contributed by atoms with Gasteiger partial charge in [-0.2, -0.15) is 0 Å². The number of hydrogen-bond donors (Lipinski definition) is 1. The molecule has 3 aromatic carbocycles. The molecule has 1 atom stereocenters. The molecule has 3 aromatic rings. The van der Waals surface area contributed by atoms with Crippen molar-refractivity contribution < 1.29 is 32.2 Å². The lowest BCUT2D eigenvalue weighted by Gasteiger charge is -2.33. The highest BCUT2D eigenvalue weighted by Crippen LogP contribution is 2.33. The Balaban J connectivity index is 2.09. The topological polar surface area (TPSA) is 114 Å². The standard InChI is InChI=1S/C29H34ClN3O7S/c1-6-25(29(35)31-2)32(18-20-8-7-9-23(16-20)38-3)28(34)19-33(22-12-10-21(30)11-13-22)41(36,37)24-14-15-26(39-4)27(17-24)40-5/h7-17,25H,6,18-19H2,1-5H3,(H,31,35). The van der Waals surface area contributed by atoms with Crippen molar-refractivity contribution in [1.82, 2.24) is 10.2 Å². The number of halogens is 1. The number of anilines is 1. The summed E-state index contributed by atoms with van der Waals surface area (Å²) < 4.78 is 44.9. The van der Waals surface area contributed by atoms with Gasteiger partial charge in [0.25, 0.3) is 10.0 Å². The van der Waals surface area contributed by atoms with E-state index in [0.29, 0.717) is 28.5 Å². The molecule has 0 aliphatic heterocycles. The minimum absolute atomic E-state index is 0.0484. The van der Waals surface area contributed by atoms with Crippen molar-refractivity contribution in [2.45, 2.75) is 30.8 Å². The minimum Gasteiger partial charge on any atom is -0.497 e. The zero-order valence-electron chi connectivity index (χ0n) is 23.6. The third-order valence-corrected chi connectivity index (χ3v) is 8.48. The number of sulfonamides is 1. The summed E-state index contributed by atoms with van der Waals surface area (Å²) >= 11 is 6.07. The number of ether oxygens (including phenoxy) is 3. The average Bonchev–Trinajstić information content (AvgIpc) is 2.99. The maximum atomic E-state index is 14.0. The Morgan fingerprint density at radius 3 is 2.20 bits per heavy atom. The fourth-order valence-electron chi connectivity index (χ4n) is 4.29. The Hall–Kier alpha value is -3.96. The van der Waals surface area contributed by atoms with E-state index in [1.165, 1.54) is 75.7 Å². The highest BCUT2D eigenvalue weighted by molar-refractivity contribution is 7.92. The van der Waals surface area contributed by atoms with Crippen molar-refractivity contribution in [3.8, 4) is 17.2 Å². The van der Waals surface area contributed by atoms with Crippen LogP contribution in [0.4, 0.5) is 5.69 Å². The number of rotatable bonds is 13. The lowest BCUT2D eigenvalue weighted by atomic mass is 10.1. The fraction of sp³-hybridized carbons (Fsp3) is 0.310. The molecule has 0 aromatic heterocycles. The SMILES string of the molecule is CCC(C(=O)NC)N(Cc1cccc(OC)c1)C(=O)CN(c1ccc(Cl)cc1)S(=O)(=O)c1ccc(OC)c(OC)c1. The van der Waals surface area contributed by atoms with Crippen LogP contribution in [0.3, 0.4) is 0 Å². The van der Waals surface area contributed by atoms with Gasteiger partial charge >= 0.3 is 0 Å². The molecular formula is C29H34ClN3O7S. The van der Waals surface area contributed by atoms with E-state index >= 15 is 0 Å². The Kier molecular flexibility index (Phi) is 10.8. The molecule has 0 radical (unpaired) electrons. The molecule has 0 aliphatic carbocycles. The van der Waals surface area contributed by atoms with Crippen LogP contribution < -0.4 is 23.8 Å². The summed E-state index contributed by atoms with van der Waals surface area (Å²) in [7, 11) is 1.55. The number of amides is 2. The van der Waals surface area contributed by atoms with Crippen LogP contribution in [0.5, 0.6) is 17.2 Å². The van der Waals surface area contributed by atoms with Gasteiger partial charge in [0, 0.05) is 24.7 Å². The van der Waals surface area contributed by atoms with Gasteiger partial charge in [-0.3, -0.25) is 13.9 Å². The van der Waals surface area contributed by atoms with Crippen molar-refractivity contribution in [2.75, 3.05) is 39.2 Å². The normalized spacial score (nSPS) is 11.8. The molecule has 10 nitrogen and oxygen atoms in total. The highest BCUT2D eigenvalue weighted by atomic mass is 35.5. The third-order valence-electron chi connectivity index (χ3n) is 6.46. The van der Waals surface area contributed by atoms with Crippen molar-refractivity contribution in [2.24, 2.45) is 0 Å². The van der Waals surface area contributed by atoms with Crippen LogP contribution in [0, 0.1) is 0 Å². The Bertz CT molecular complexity index is 1470. The van der Waals surface area contributed by atoms with Gasteiger partial charge in [-0.25, -0.2) is 8.42 Å². The molecule has 0 heterocycles. The van der Waals surface area contributed by atoms with Crippen molar-refractivity contribution >= 4 is 39.1 Å². The smallest absolute Gasteiger partial charge is 0.264 e. The quantitative estimate of drug-likeness (QED) is 0.313. The van der Waals surface area contributed by atoms with Crippen LogP contribution in [0.1, 0.15) is 18.9 Å². The highest BCUT2D eigenvalue weighted by Gasteiger charge is 2.34. The molecule has 1 N–H and O–H groups in total. The van der Waals surface area contributed by atoms with Gasteiger partial charge in [-0.15, -0.1) is 0 Å². The molecule has 1 unspecified atom stereocenters. The van der Waals surface area contributed by atoms with Crippen molar-refractivity contribution in [3.63, 3.8) is 0 Å². The zero-order valence-corrected chi connectivity index (χ0v) is 25.2. The lowest BCUT2D eigenvalue weighted by molar-refractivity contribution is -0.140. The monoisotopic (exact) mass is 603 g/mol. The van der Waals surface area contributed by atoms with Gasteiger partial charge in [0.05, 0.1) is 31.9 Å². The van der Waals surface area contributed by atoms with Gasteiger partial charge < -0.3 is 24.4 Å². The molecule has 0 saturated carbocycles. The van der Waals surface area contributed by atoms with E-state index in [-0.39, 0.29) is 28.8 Å². The van der Waals surface area contributed by atoms with Crippen molar-refractivity contribution in [1.29, 1.82) is 0 Å². The number of carbonyl (C=O) groups excluding carboxylic acids is 2. The number of methoxy groups -OCH3 is 3. The van der Waals surface area contributed by atoms with E-state index in [1.54, 1.807) is 31.2 Å². The second-order valence-corrected chi connectivity index (χ2v) is 11.2. The molecule has 0 aliphatic rings. The second-order valence-electron chi connectivity index (χ2n) is 8.92. The summed E-state index contributed by atoms with van der Waals surface area (Å²) in [6.07, 6.45) is 0.304. The van der Waals surface area contributed by atoms with Crippen LogP contribution in [0.15, 0.2) is 71.6 Å². The Labute approximate surface area is 245 Å². The van der Waals surface area contributed by atoms with E-state index in [1.807, 2.05) is 0 Å². The van der Waals surface area contributed by atoms with Crippen LogP contribution in [0.2, 0.25) is 5.02 Å². The van der Waals surface area contributed by atoms with Crippen molar-refractivity contribution in [3.05, 3.63) is 77.3 Å². The predicted molar refractivity (Wildman–Crippen MR) is 157 cm³/mol. The molecule has 41 heavy (non-hydrogen) atoms. The molecule has 3 rings (SSSR count). The van der Waals surface area contributed by atoms with Gasteiger partial charge in [-0.05, 0) is 60.5 Å².